The average molecular weight is 346 g/mol. The van der Waals surface area contributed by atoms with E-state index in [4.69, 9.17) is 5.73 Å². The van der Waals surface area contributed by atoms with Gasteiger partial charge in [-0.2, -0.15) is 13.2 Å². The fourth-order valence-electron chi connectivity index (χ4n) is 2.20. The predicted octanol–water partition coefficient (Wildman–Crippen LogP) is 2.19. The molecule has 0 aromatic heterocycles. The van der Waals surface area contributed by atoms with Crippen molar-refractivity contribution in [1.82, 2.24) is 5.32 Å². The Bertz CT molecular complexity index is 588. The predicted molar refractivity (Wildman–Crippen MR) is 82.1 cm³/mol. The average Bonchev–Trinajstić information content (AvgIpc) is 2.45. The summed E-state index contributed by atoms with van der Waals surface area (Å²) in [6.07, 6.45) is -4.40. The highest BCUT2D eigenvalue weighted by Crippen LogP contribution is 2.29. The lowest BCUT2D eigenvalue weighted by molar-refractivity contribution is -0.142. The highest BCUT2D eigenvalue weighted by molar-refractivity contribution is 5.86. The molecule has 0 aliphatic carbocycles. The van der Waals surface area contributed by atoms with Crippen molar-refractivity contribution in [2.75, 3.05) is 0 Å². The van der Waals surface area contributed by atoms with Crippen LogP contribution in [0.4, 0.5) is 13.2 Å². The number of rotatable bonds is 7. The number of nitrogens with one attached hydrogen (secondary N) is 1. The molecule has 1 aromatic carbocycles. The summed E-state index contributed by atoms with van der Waals surface area (Å²) in [6, 6.07) is 2.13. The minimum atomic E-state index is -4.52. The largest absolute Gasteiger partial charge is 0.480 e. The zero-order valence-corrected chi connectivity index (χ0v) is 13.4. The second kappa shape index (κ2) is 8.14. The number of benzene rings is 1. The number of nitrogens with two attached hydrogens (primary N) is 1. The van der Waals surface area contributed by atoms with Crippen LogP contribution in [0, 0.1) is 5.92 Å². The van der Waals surface area contributed by atoms with E-state index in [1.165, 1.54) is 12.1 Å². The van der Waals surface area contributed by atoms with Crippen LogP contribution in [0.3, 0.4) is 0 Å². The number of halogens is 3. The van der Waals surface area contributed by atoms with Crippen molar-refractivity contribution in [1.29, 1.82) is 0 Å². The smallest absolute Gasteiger partial charge is 0.416 e. The van der Waals surface area contributed by atoms with Gasteiger partial charge in [0.2, 0.25) is 5.91 Å². The summed E-state index contributed by atoms with van der Waals surface area (Å²) in [7, 11) is 0. The van der Waals surface area contributed by atoms with Crippen LogP contribution in [0.25, 0.3) is 0 Å². The Morgan fingerprint density at radius 3 is 2.42 bits per heavy atom. The molecule has 0 unspecified atom stereocenters. The Kier molecular flexibility index (Phi) is 6.77. The molecule has 134 valence electrons. The lowest BCUT2D eigenvalue weighted by Crippen LogP contribution is -2.49. The summed E-state index contributed by atoms with van der Waals surface area (Å²) < 4.78 is 38.1. The third-order valence-corrected chi connectivity index (χ3v) is 3.37. The van der Waals surface area contributed by atoms with Gasteiger partial charge in [-0.15, -0.1) is 0 Å². The summed E-state index contributed by atoms with van der Waals surface area (Å²) >= 11 is 0. The second-order valence-corrected chi connectivity index (χ2v) is 6.04. The fourth-order valence-corrected chi connectivity index (χ4v) is 2.20. The maximum Gasteiger partial charge on any atom is 0.416 e. The standard InChI is InChI=1S/C16H21F3N2O3/c1-9(2)6-12(20)14(22)21-13(15(23)24)8-10-4-3-5-11(7-10)16(17,18)19/h3-5,7,9,12-13H,6,8,20H2,1-2H3,(H,21,22)(H,23,24)/t12-,13+/m0/s1. The Morgan fingerprint density at radius 1 is 1.29 bits per heavy atom. The van der Waals surface area contributed by atoms with Crippen molar-refractivity contribution < 1.29 is 27.9 Å². The number of aliphatic carboxylic acids is 1. The van der Waals surface area contributed by atoms with Gasteiger partial charge in [0.25, 0.3) is 0 Å². The van der Waals surface area contributed by atoms with Crippen LogP contribution in [0.15, 0.2) is 24.3 Å². The van der Waals surface area contributed by atoms with Crippen LogP contribution in [0.2, 0.25) is 0 Å². The number of carbonyl (C=O) groups excluding carboxylic acids is 1. The Balaban J connectivity index is 2.84. The highest BCUT2D eigenvalue weighted by Gasteiger charge is 2.31. The topological polar surface area (TPSA) is 92.4 Å². The van der Waals surface area contributed by atoms with Gasteiger partial charge in [0.15, 0.2) is 0 Å². The molecule has 1 amide bonds. The number of hydrogen-bond donors (Lipinski definition) is 3. The Morgan fingerprint density at radius 2 is 1.92 bits per heavy atom. The molecule has 1 rings (SSSR count). The summed E-state index contributed by atoms with van der Waals surface area (Å²) in [5, 5.41) is 11.5. The van der Waals surface area contributed by atoms with E-state index in [-0.39, 0.29) is 17.9 Å². The number of hydrogen-bond acceptors (Lipinski definition) is 3. The molecule has 0 radical (unpaired) electrons. The first-order valence-corrected chi connectivity index (χ1v) is 7.45. The molecular formula is C16H21F3N2O3. The number of carbonyl (C=O) groups is 2. The lowest BCUT2D eigenvalue weighted by Gasteiger charge is -2.19. The number of alkyl halides is 3. The molecule has 0 spiro atoms. The monoisotopic (exact) mass is 346 g/mol. The molecule has 5 nitrogen and oxygen atoms in total. The Labute approximate surface area is 138 Å². The van der Waals surface area contributed by atoms with Crippen LogP contribution in [-0.4, -0.2) is 29.1 Å². The first kappa shape index (κ1) is 20.0. The quantitative estimate of drug-likeness (QED) is 0.706. The van der Waals surface area contributed by atoms with E-state index >= 15 is 0 Å². The molecular weight excluding hydrogens is 325 g/mol. The molecule has 0 saturated carbocycles. The molecule has 8 heteroatoms. The van der Waals surface area contributed by atoms with E-state index in [1.807, 2.05) is 13.8 Å². The van der Waals surface area contributed by atoms with Gasteiger partial charge in [-0.25, -0.2) is 4.79 Å². The first-order chi connectivity index (χ1) is 11.0. The van der Waals surface area contributed by atoms with Gasteiger partial charge in [0.05, 0.1) is 11.6 Å². The molecule has 4 N–H and O–H groups in total. The maximum atomic E-state index is 12.7. The van der Waals surface area contributed by atoms with Crippen molar-refractivity contribution in [2.24, 2.45) is 11.7 Å². The first-order valence-electron chi connectivity index (χ1n) is 7.45. The van der Waals surface area contributed by atoms with E-state index < -0.39 is 35.7 Å². The molecule has 2 atom stereocenters. The normalized spacial score (nSPS) is 14.3. The van der Waals surface area contributed by atoms with Crippen molar-refractivity contribution in [3.8, 4) is 0 Å². The van der Waals surface area contributed by atoms with Crippen LogP contribution in [0.5, 0.6) is 0 Å². The number of amides is 1. The summed E-state index contributed by atoms with van der Waals surface area (Å²) in [4.78, 5) is 23.2. The van der Waals surface area contributed by atoms with Crippen LogP contribution >= 0.6 is 0 Å². The zero-order valence-electron chi connectivity index (χ0n) is 13.4. The molecule has 0 bridgehead atoms. The lowest BCUT2D eigenvalue weighted by atomic mass is 10.0. The van der Waals surface area contributed by atoms with Gasteiger partial charge in [-0.3, -0.25) is 4.79 Å². The summed E-state index contributed by atoms with van der Waals surface area (Å²) in [5.41, 5.74) is 4.98. The fraction of sp³-hybridized carbons (Fsp3) is 0.500. The second-order valence-electron chi connectivity index (χ2n) is 6.04. The minimum Gasteiger partial charge on any atom is -0.480 e. The maximum absolute atomic E-state index is 12.7. The van der Waals surface area contributed by atoms with Gasteiger partial charge in [0, 0.05) is 6.42 Å². The molecule has 24 heavy (non-hydrogen) atoms. The molecule has 0 fully saturated rings. The third kappa shape index (κ3) is 6.19. The number of carboxylic acid groups (broad SMARTS) is 1. The van der Waals surface area contributed by atoms with Gasteiger partial charge in [0.1, 0.15) is 6.04 Å². The van der Waals surface area contributed by atoms with E-state index in [9.17, 15) is 27.9 Å². The minimum absolute atomic E-state index is 0.150. The van der Waals surface area contributed by atoms with Gasteiger partial charge < -0.3 is 16.2 Å². The van der Waals surface area contributed by atoms with Gasteiger partial charge in [-0.05, 0) is 24.0 Å². The molecule has 0 aliphatic rings. The summed E-state index contributed by atoms with van der Waals surface area (Å²) in [5.74, 6) is -1.82. The SMILES string of the molecule is CC(C)C[C@H](N)C(=O)N[C@H](Cc1cccc(C(F)(F)F)c1)C(=O)O. The van der Waals surface area contributed by atoms with E-state index in [0.29, 0.717) is 6.42 Å². The van der Waals surface area contributed by atoms with Crippen molar-refractivity contribution >= 4 is 11.9 Å². The van der Waals surface area contributed by atoms with Crippen LogP contribution < -0.4 is 11.1 Å². The summed E-state index contributed by atoms with van der Waals surface area (Å²) in [6.45, 7) is 3.73. The highest BCUT2D eigenvalue weighted by atomic mass is 19.4. The van der Waals surface area contributed by atoms with Crippen molar-refractivity contribution in [3.05, 3.63) is 35.4 Å². The van der Waals surface area contributed by atoms with Gasteiger partial charge in [-0.1, -0.05) is 32.0 Å². The van der Waals surface area contributed by atoms with Crippen molar-refractivity contribution in [2.45, 2.75) is 44.9 Å². The third-order valence-electron chi connectivity index (χ3n) is 3.37. The number of carboxylic acids is 1. The van der Waals surface area contributed by atoms with Gasteiger partial charge >= 0.3 is 12.1 Å². The van der Waals surface area contributed by atoms with Crippen molar-refractivity contribution in [3.63, 3.8) is 0 Å². The molecule has 1 aromatic rings. The van der Waals surface area contributed by atoms with Crippen LogP contribution in [-0.2, 0) is 22.2 Å². The zero-order chi connectivity index (χ0) is 18.5. The molecule has 0 saturated heterocycles. The molecule has 0 aliphatic heterocycles. The Hall–Kier alpha value is -2.09. The van der Waals surface area contributed by atoms with E-state index in [0.717, 1.165) is 12.1 Å². The van der Waals surface area contributed by atoms with Crippen LogP contribution in [0.1, 0.15) is 31.4 Å². The molecule has 0 heterocycles. The van der Waals surface area contributed by atoms with E-state index in [1.54, 1.807) is 0 Å². The van der Waals surface area contributed by atoms with E-state index in [2.05, 4.69) is 5.32 Å².